The smallest absolute Gasteiger partial charge is 0.262 e. The normalized spacial score (nSPS) is 10.5. The molecule has 110 valence electrons. The molecular formula is C17H18BrNO2. The van der Waals surface area contributed by atoms with Gasteiger partial charge in [-0.3, -0.25) is 4.79 Å². The van der Waals surface area contributed by atoms with Gasteiger partial charge in [0.05, 0.1) is 4.47 Å². The fourth-order valence-corrected chi connectivity index (χ4v) is 2.37. The summed E-state index contributed by atoms with van der Waals surface area (Å²) in [5.41, 5.74) is 1.99. The van der Waals surface area contributed by atoms with E-state index >= 15 is 0 Å². The lowest BCUT2D eigenvalue weighted by atomic mass is 10.0. The van der Waals surface area contributed by atoms with Crippen molar-refractivity contribution in [1.82, 2.24) is 0 Å². The molecule has 1 N–H and O–H groups in total. The van der Waals surface area contributed by atoms with Crippen LogP contribution >= 0.6 is 15.9 Å². The third-order valence-electron chi connectivity index (χ3n) is 3.04. The Morgan fingerprint density at radius 1 is 1.19 bits per heavy atom. The number of carbonyl (C=O) groups excluding carboxylic acids is 1. The summed E-state index contributed by atoms with van der Waals surface area (Å²) >= 11 is 3.48. The summed E-state index contributed by atoms with van der Waals surface area (Å²) < 4.78 is 6.41. The summed E-state index contributed by atoms with van der Waals surface area (Å²) in [6.45, 7) is 4.25. The van der Waals surface area contributed by atoms with Crippen molar-refractivity contribution < 1.29 is 9.53 Å². The molecule has 2 rings (SSSR count). The van der Waals surface area contributed by atoms with E-state index < -0.39 is 0 Å². The fourth-order valence-electron chi connectivity index (χ4n) is 1.86. The molecule has 1 amide bonds. The number of amides is 1. The van der Waals surface area contributed by atoms with Gasteiger partial charge in [-0.2, -0.15) is 0 Å². The van der Waals surface area contributed by atoms with Crippen molar-refractivity contribution in [3.63, 3.8) is 0 Å². The minimum absolute atomic E-state index is 0.0193. The maximum atomic E-state index is 11.8. The van der Waals surface area contributed by atoms with Gasteiger partial charge in [0.1, 0.15) is 5.75 Å². The van der Waals surface area contributed by atoms with E-state index in [4.69, 9.17) is 4.74 Å². The molecule has 0 aromatic heterocycles. The number of rotatable bonds is 5. The highest BCUT2D eigenvalue weighted by Gasteiger charge is 2.08. The highest BCUT2D eigenvalue weighted by atomic mass is 79.9. The summed E-state index contributed by atoms with van der Waals surface area (Å²) in [4.78, 5) is 11.8. The quantitative estimate of drug-likeness (QED) is 0.858. The van der Waals surface area contributed by atoms with E-state index in [1.54, 1.807) is 0 Å². The number of carbonyl (C=O) groups is 1. The Bertz CT molecular complexity index is 611. The van der Waals surface area contributed by atoms with Crippen LogP contribution in [0.2, 0.25) is 0 Å². The Balaban J connectivity index is 1.92. The Hall–Kier alpha value is -1.81. The standard InChI is InChI=1S/C17H18BrNO2/c1-12(2)13-8-9-16(15(18)10-13)21-11-17(20)19-14-6-4-3-5-7-14/h3-10,12H,11H2,1-2H3,(H,19,20). The van der Waals surface area contributed by atoms with Crippen molar-refractivity contribution in [3.05, 3.63) is 58.6 Å². The lowest BCUT2D eigenvalue weighted by Crippen LogP contribution is -2.20. The number of halogens is 1. The van der Waals surface area contributed by atoms with E-state index in [0.717, 1.165) is 10.2 Å². The average Bonchev–Trinajstić information content (AvgIpc) is 2.47. The van der Waals surface area contributed by atoms with Crippen LogP contribution in [0, 0.1) is 0 Å². The molecule has 0 heterocycles. The van der Waals surface area contributed by atoms with Crippen LogP contribution in [0.4, 0.5) is 5.69 Å². The molecular weight excluding hydrogens is 330 g/mol. The van der Waals surface area contributed by atoms with Crippen molar-refractivity contribution in [2.45, 2.75) is 19.8 Å². The largest absolute Gasteiger partial charge is 0.483 e. The first kappa shape index (κ1) is 15.6. The lowest BCUT2D eigenvalue weighted by Gasteiger charge is -2.11. The van der Waals surface area contributed by atoms with E-state index in [2.05, 4.69) is 35.1 Å². The molecule has 0 aliphatic heterocycles. The molecule has 0 aliphatic rings. The van der Waals surface area contributed by atoms with Crippen LogP contribution in [-0.2, 0) is 4.79 Å². The van der Waals surface area contributed by atoms with Crippen LogP contribution in [0.5, 0.6) is 5.75 Å². The molecule has 0 unspecified atom stereocenters. The molecule has 0 atom stereocenters. The Morgan fingerprint density at radius 2 is 1.90 bits per heavy atom. The van der Waals surface area contributed by atoms with Crippen LogP contribution in [0.25, 0.3) is 0 Å². The SMILES string of the molecule is CC(C)c1ccc(OCC(=O)Nc2ccccc2)c(Br)c1. The molecule has 2 aromatic rings. The van der Waals surface area contributed by atoms with Crippen LogP contribution in [0.3, 0.4) is 0 Å². The topological polar surface area (TPSA) is 38.3 Å². The number of ether oxygens (including phenoxy) is 1. The molecule has 3 nitrogen and oxygen atoms in total. The van der Waals surface area contributed by atoms with Crippen molar-refractivity contribution in [3.8, 4) is 5.75 Å². The minimum atomic E-state index is -0.180. The molecule has 0 bridgehead atoms. The summed E-state index contributed by atoms with van der Waals surface area (Å²) in [6.07, 6.45) is 0. The predicted octanol–water partition coefficient (Wildman–Crippen LogP) is 4.59. The van der Waals surface area contributed by atoms with Crippen molar-refractivity contribution in [2.24, 2.45) is 0 Å². The maximum absolute atomic E-state index is 11.8. The van der Waals surface area contributed by atoms with E-state index in [1.807, 2.05) is 48.5 Å². The van der Waals surface area contributed by atoms with Gasteiger partial charge in [-0.25, -0.2) is 0 Å². The summed E-state index contributed by atoms with van der Waals surface area (Å²) in [5.74, 6) is 0.945. The number of nitrogens with one attached hydrogen (secondary N) is 1. The molecule has 0 fully saturated rings. The zero-order chi connectivity index (χ0) is 15.2. The highest BCUT2D eigenvalue weighted by molar-refractivity contribution is 9.10. The van der Waals surface area contributed by atoms with Gasteiger partial charge in [-0.15, -0.1) is 0 Å². The second kappa shape index (κ2) is 7.27. The molecule has 2 aromatic carbocycles. The van der Waals surface area contributed by atoms with Gasteiger partial charge in [0.25, 0.3) is 5.91 Å². The van der Waals surface area contributed by atoms with Crippen LogP contribution < -0.4 is 10.1 Å². The van der Waals surface area contributed by atoms with Gasteiger partial charge in [0.15, 0.2) is 6.61 Å². The summed E-state index contributed by atoms with van der Waals surface area (Å²) in [7, 11) is 0. The third kappa shape index (κ3) is 4.60. The van der Waals surface area contributed by atoms with Gasteiger partial charge in [-0.1, -0.05) is 38.1 Å². The molecule has 0 spiro atoms. The number of para-hydroxylation sites is 1. The first-order chi connectivity index (χ1) is 10.1. The molecule has 4 heteroatoms. The first-order valence-corrected chi connectivity index (χ1v) is 7.62. The third-order valence-corrected chi connectivity index (χ3v) is 3.66. The lowest BCUT2D eigenvalue weighted by molar-refractivity contribution is -0.118. The second-order valence-corrected chi connectivity index (χ2v) is 5.90. The van der Waals surface area contributed by atoms with Crippen LogP contribution in [0.1, 0.15) is 25.3 Å². The Kier molecular flexibility index (Phi) is 5.39. The molecule has 0 aliphatic carbocycles. The van der Waals surface area contributed by atoms with E-state index in [9.17, 15) is 4.79 Å². The fraction of sp³-hybridized carbons (Fsp3) is 0.235. The minimum Gasteiger partial charge on any atom is -0.483 e. The van der Waals surface area contributed by atoms with Crippen molar-refractivity contribution >= 4 is 27.5 Å². The predicted molar refractivity (Wildman–Crippen MR) is 88.8 cm³/mol. The van der Waals surface area contributed by atoms with Gasteiger partial charge in [0, 0.05) is 5.69 Å². The second-order valence-electron chi connectivity index (χ2n) is 5.05. The van der Waals surface area contributed by atoms with Gasteiger partial charge in [-0.05, 0) is 51.7 Å². The summed E-state index contributed by atoms with van der Waals surface area (Å²) in [5, 5.41) is 2.78. The van der Waals surface area contributed by atoms with Crippen LogP contribution in [-0.4, -0.2) is 12.5 Å². The van der Waals surface area contributed by atoms with E-state index in [0.29, 0.717) is 11.7 Å². The monoisotopic (exact) mass is 347 g/mol. The number of benzene rings is 2. The number of hydrogen-bond acceptors (Lipinski definition) is 2. The number of anilines is 1. The molecule has 0 radical (unpaired) electrons. The molecule has 21 heavy (non-hydrogen) atoms. The highest BCUT2D eigenvalue weighted by Crippen LogP contribution is 2.28. The van der Waals surface area contributed by atoms with Gasteiger partial charge in [0.2, 0.25) is 0 Å². The Morgan fingerprint density at radius 3 is 2.52 bits per heavy atom. The zero-order valence-electron chi connectivity index (χ0n) is 12.1. The zero-order valence-corrected chi connectivity index (χ0v) is 13.7. The van der Waals surface area contributed by atoms with Crippen molar-refractivity contribution in [2.75, 3.05) is 11.9 Å². The first-order valence-electron chi connectivity index (χ1n) is 6.83. The molecule has 0 saturated carbocycles. The maximum Gasteiger partial charge on any atom is 0.262 e. The average molecular weight is 348 g/mol. The summed E-state index contributed by atoms with van der Waals surface area (Å²) in [6, 6.07) is 15.2. The van der Waals surface area contributed by atoms with E-state index in [1.165, 1.54) is 5.56 Å². The molecule has 0 saturated heterocycles. The number of hydrogen-bond donors (Lipinski definition) is 1. The van der Waals surface area contributed by atoms with Crippen LogP contribution in [0.15, 0.2) is 53.0 Å². The van der Waals surface area contributed by atoms with Gasteiger partial charge >= 0.3 is 0 Å². The van der Waals surface area contributed by atoms with Gasteiger partial charge < -0.3 is 10.1 Å². The Labute approximate surface area is 133 Å². The van der Waals surface area contributed by atoms with Crippen molar-refractivity contribution in [1.29, 1.82) is 0 Å². The van der Waals surface area contributed by atoms with E-state index in [-0.39, 0.29) is 12.5 Å².